The van der Waals surface area contributed by atoms with Crippen LogP contribution in [0.15, 0.2) is 41.5 Å². The summed E-state index contributed by atoms with van der Waals surface area (Å²) in [5, 5.41) is 6.72. The van der Waals surface area contributed by atoms with Crippen LogP contribution in [0.1, 0.15) is 53.7 Å². The van der Waals surface area contributed by atoms with E-state index in [1.54, 1.807) is 37.6 Å². The second-order valence-corrected chi connectivity index (χ2v) is 6.57. The molecule has 0 saturated carbocycles. The molecule has 0 aliphatic heterocycles. The molecule has 0 spiro atoms. The number of carbonyl (C=O) groups excluding carboxylic acids is 2. The number of carbonyl (C=O) groups is 2. The van der Waals surface area contributed by atoms with Gasteiger partial charge in [-0.2, -0.15) is 5.10 Å². The number of hydrogen-bond donors (Lipinski definition) is 2. The van der Waals surface area contributed by atoms with Crippen LogP contribution in [-0.4, -0.2) is 25.1 Å². The van der Waals surface area contributed by atoms with E-state index in [4.69, 9.17) is 4.74 Å². The number of benzene rings is 2. The van der Waals surface area contributed by atoms with Crippen molar-refractivity contribution in [1.29, 1.82) is 0 Å². The number of nitrogens with zero attached hydrogens (tertiary/aromatic N) is 1. The van der Waals surface area contributed by atoms with Gasteiger partial charge in [-0.25, -0.2) is 5.43 Å². The molecule has 0 aliphatic carbocycles. The second kappa shape index (κ2) is 8.98. The number of ether oxygens (including phenoxy) is 1. The Kier molecular flexibility index (Phi) is 6.71. The van der Waals surface area contributed by atoms with Crippen LogP contribution >= 0.6 is 0 Å². The lowest BCUT2D eigenvalue weighted by atomic mass is 9.97. The molecule has 0 aliphatic rings. The fourth-order valence-corrected chi connectivity index (χ4v) is 2.65. The summed E-state index contributed by atoms with van der Waals surface area (Å²) in [6.45, 7) is 7.57. The number of hydrazone groups is 1. The van der Waals surface area contributed by atoms with Crippen molar-refractivity contribution in [2.45, 2.75) is 33.6 Å². The maximum Gasteiger partial charge on any atom is 0.271 e. The van der Waals surface area contributed by atoms with Crippen molar-refractivity contribution in [3.05, 3.63) is 58.7 Å². The molecule has 2 aromatic carbocycles. The summed E-state index contributed by atoms with van der Waals surface area (Å²) < 4.78 is 5.44. The van der Waals surface area contributed by atoms with Crippen molar-refractivity contribution >= 4 is 23.7 Å². The van der Waals surface area contributed by atoms with Crippen molar-refractivity contribution < 1.29 is 14.3 Å². The minimum absolute atomic E-state index is 0.193. The quantitative estimate of drug-likeness (QED) is 0.601. The molecule has 27 heavy (non-hydrogen) atoms. The highest BCUT2D eigenvalue weighted by atomic mass is 16.5. The zero-order valence-corrected chi connectivity index (χ0v) is 16.3. The Morgan fingerprint density at radius 3 is 2.56 bits per heavy atom. The van der Waals surface area contributed by atoms with Crippen LogP contribution in [0.4, 0.5) is 5.69 Å². The molecule has 0 saturated heterocycles. The topological polar surface area (TPSA) is 79.8 Å². The first kappa shape index (κ1) is 20.2. The van der Waals surface area contributed by atoms with Gasteiger partial charge in [0.15, 0.2) is 0 Å². The van der Waals surface area contributed by atoms with Crippen LogP contribution in [0.2, 0.25) is 0 Å². The molecule has 2 rings (SSSR count). The fourth-order valence-electron chi connectivity index (χ4n) is 2.65. The zero-order valence-electron chi connectivity index (χ0n) is 16.3. The summed E-state index contributed by atoms with van der Waals surface area (Å²) in [4.78, 5) is 23.4. The molecule has 0 unspecified atom stereocenters. The predicted molar refractivity (Wildman–Crippen MR) is 108 cm³/mol. The van der Waals surface area contributed by atoms with E-state index in [0.29, 0.717) is 17.2 Å². The normalized spacial score (nSPS) is 10.9. The van der Waals surface area contributed by atoms with Crippen LogP contribution in [0, 0.1) is 6.92 Å². The average Bonchev–Trinajstić information content (AvgIpc) is 2.62. The first-order chi connectivity index (χ1) is 12.8. The minimum Gasteiger partial charge on any atom is -0.496 e. The molecule has 6 heteroatoms. The van der Waals surface area contributed by atoms with Crippen LogP contribution in [-0.2, 0) is 4.79 Å². The Bertz CT molecular complexity index is 873. The van der Waals surface area contributed by atoms with Gasteiger partial charge in [0.2, 0.25) is 5.91 Å². The lowest BCUT2D eigenvalue weighted by Crippen LogP contribution is -2.18. The van der Waals surface area contributed by atoms with Gasteiger partial charge in [0.25, 0.3) is 5.91 Å². The van der Waals surface area contributed by atoms with E-state index in [9.17, 15) is 9.59 Å². The van der Waals surface area contributed by atoms with Crippen molar-refractivity contribution in [2.75, 3.05) is 12.4 Å². The van der Waals surface area contributed by atoms with Gasteiger partial charge in [0.05, 0.1) is 13.3 Å². The average molecular weight is 367 g/mol. The summed E-state index contributed by atoms with van der Waals surface area (Å²) in [5.41, 5.74) is 6.48. The largest absolute Gasteiger partial charge is 0.496 e. The number of hydrogen-bond acceptors (Lipinski definition) is 4. The molecule has 0 fully saturated rings. The highest BCUT2D eigenvalue weighted by molar-refractivity contribution is 5.97. The second-order valence-electron chi connectivity index (χ2n) is 6.57. The van der Waals surface area contributed by atoms with Crippen molar-refractivity contribution in [2.24, 2.45) is 5.10 Å². The Hall–Kier alpha value is -3.15. The van der Waals surface area contributed by atoms with E-state index in [-0.39, 0.29) is 11.8 Å². The zero-order chi connectivity index (χ0) is 20.0. The molecule has 0 bridgehead atoms. The molecule has 2 amide bonds. The van der Waals surface area contributed by atoms with Gasteiger partial charge in [-0.05, 0) is 59.9 Å². The van der Waals surface area contributed by atoms with E-state index >= 15 is 0 Å². The van der Waals surface area contributed by atoms with Gasteiger partial charge in [0.1, 0.15) is 5.75 Å². The predicted octanol–water partition coefficient (Wildman–Crippen LogP) is 3.85. The third-order valence-corrected chi connectivity index (χ3v) is 4.06. The molecular formula is C21H25N3O3. The molecule has 0 radical (unpaired) electrons. The van der Waals surface area contributed by atoms with E-state index < -0.39 is 0 Å². The monoisotopic (exact) mass is 367 g/mol. The maximum atomic E-state index is 12.3. The summed E-state index contributed by atoms with van der Waals surface area (Å²) in [5.74, 6) is 0.604. The number of nitrogens with one attached hydrogen (secondary N) is 2. The van der Waals surface area contributed by atoms with Gasteiger partial charge in [-0.3, -0.25) is 9.59 Å². The van der Waals surface area contributed by atoms with Crippen molar-refractivity contribution in [1.82, 2.24) is 5.43 Å². The van der Waals surface area contributed by atoms with E-state index in [1.807, 2.05) is 19.1 Å². The Morgan fingerprint density at radius 1 is 1.19 bits per heavy atom. The minimum atomic E-state index is -0.353. The first-order valence-corrected chi connectivity index (χ1v) is 8.71. The molecule has 2 N–H and O–H groups in total. The lowest BCUT2D eigenvalue weighted by Gasteiger charge is -2.14. The SMILES string of the molecule is COc1cc(C)c(/C=N\NC(=O)c2cccc(NC(C)=O)c2)cc1C(C)C. The summed E-state index contributed by atoms with van der Waals surface area (Å²) in [7, 11) is 1.66. The van der Waals surface area contributed by atoms with Gasteiger partial charge in [0, 0.05) is 18.2 Å². The van der Waals surface area contributed by atoms with Crippen LogP contribution < -0.4 is 15.5 Å². The molecular weight excluding hydrogens is 342 g/mol. The Morgan fingerprint density at radius 2 is 1.93 bits per heavy atom. The maximum absolute atomic E-state index is 12.3. The lowest BCUT2D eigenvalue weighted by molar-refractivity contribution is -0.114. The molecule has 0 heterocycles. The molecule has 142 valence electrons. The number of anilines is 1. The summed E-state index contributed by atoms with van der Waals surface area (Å²) in [6.07, 6.45) is 1.62. The van der Waals surface area contributed by atoms with Crippen molar-refractivity contribution in [3.8, 4) is 5.75 Å². The van der Waals surface area contributed by atoms with Gasteiger partial charge < -0.3 is 10.1 Å². The number of aryl methyl sites for hydroxylation is 1. The Balaban J connectivity index is 2.14. The van der Waals surface area contributed by atoms with E-state index in [0.717, 1.165) is 22.4 Å². The van der Waals surface area contributed by atoms with E-state index in [1.165, 1.54) is 6.92 Å². The first-order valence-electron chi connectivity index (χ1n) is 8.71. The van der Waals surface area contributed by atoms with E-state index in [2.05, 4.69) is 29.7 Å². The van der Waals surface area contributed by atoms with Crippen LogP contribution in [0.3, 0.4) is 0 Å². The summed E-state index contributed by atoms with van der Waals surface area (Å²) >= 11 is 0. The van der Waals surface area contributed by atoms with Gasteiger partial charge in [-0.1, -0.05) is 19.9 Å². The highest BCUT2D eigenvalue weighted by Crippen LogP contribution is 2.29. The fraction of sp³-hybridized carbons (Fsp3) is 0.286. The molecule has 0 atom stereocenters. The Labute approximate surface area is 159 Å². The summed E-state index contributed by atoms with van der Waals surface area (Å²) in [6, 6.07) is 10.7. The number of rotatable bonds is 6. The molecule has 0 aromatic heterocycles. The number of methoxy groups -OCH3 is 1. The standard InChI is InChI=1S/C21H25N3O3/c1-13(2)19-11-17(14(3)9-20(19)27-5)12-22-24-21(26)16-7-6-8-18(10-16)23-15(4)25/h6-13H,1-5H3,(H,23,25)(H,24,26)/b22-12-. The third-order valence-electron chi connectivity index (χ3n) is 4.06. The van der Waals surface area contributed by atoms with Crippen molar-refractivity contribution in [3.63, 3.8) is 0 Å². The highest BCUT2D eigenvalue weighted by Gasteiger charge is 2.11. The molecule has 2 aromatic rings. The van der Waals surface area contributed by atoms with Crippen LogP contribution in [0.5, 0.6) is 5.75 Å². The molecule has 6 nitrogen and oxygen atoms in total. The van der Waals surface area contributed by atoms with Gasteiger partial charge in [-0.15, -0.1) is 0 Å². The third kappa shape index (κ3) is 5.41. The smallest absolute Gasteiger partial charge is 0.271 e. The van der Waals surface area contributed by atoms with Crippen LogP contribution in [0.25, 0.3) is 0 Å². The van der Waals surface area contributed by atoms with Gasteiger partial charge >= 0.3 is 0 Å². The number of amides is 2.